The summed E-state index contributed by atoms with van der Waals surface area (Å²) >= 11 is 5.94. The number of rotatable bonds is 5. The molecule has 1 heterocycles. The number of halogens is 1. The topological polar surface area (TPSA) is 59.0 Å². The van der Waals surface area contributed by atoms with E-state index < -0.39 is 12.2 Å². The Kier molecular flexibility index (Phi) is 6.49. The van der Waals surface area contributed by atoms with Gasteiger partial charge in [-0.15, -0.1) is 0 Å². The van der Waals surface area contributed by atoms with E-state index in [1.165, 1.54) is 0 Å². The number of ether oxygens (including phenoxy) is 2. The predicted octanol–water partition coefficient (Wildman–Crippen LogP) is 3.01. The predicted molar refractivity (Wildman–Crippen MR) is 84.0 cm³/mol. The minimum Gasteiger partial charge on any atom is -0.449 e. The van der Waals surface area contributed by atoms with E-state index in [-0.39, 0.29) is 6.09 Å². The maximum Gasteiger partial charge on any atom is 0.409 e. The van der Waals surface area contributed by atoms with Crippen LogP contribution in [-0.2, 0) is 9.47 Å². The lowest BCUT2D eigenvalue weighted by molar-refractivity contribution is -0.0857. The molecular weight excluding hydrogens is 306 g/mol. The van der Waals surface area contributed by atoms with Crippen molar-refractivity contribution in [2.75, 3.05) is 26.3 Å². The van der Waals surface area contributed by atoms with E-state index >= 15 is 0 Å². The van der Waals surface area contributed by atoms with Gasteiger partial charge < -0.3 is 19.5 Å². The molecule has 6 heteroatoms. The van der Waals surface area contributed by atoms with Crippen LogP contribution >= 0.6 is 11.6 Å². The van der Waals surface area contributed by atoms with Crippen LogP contribution in [0.25, 0.3) is 0 Å². The van der Waals surface area contributed by atoms with Crippen LogP contribution in [0.15, 0.2) is 24.3 Å². The average molecular weight is 328 g/mol. The normalized spacial score (nSPS) is 19.8. The van der Waals surface area contributed by atoms with Crippen LogP contribution in [0.2, 0.25) is 5.02 Å². The van der Waals surface area contributed by atoms with Crippen LogP contribution < -0.4 is 0 Å². The third-order valence-electron chi connectivity index (χ3n) is 3.62. The Morgan fingerprint density at radius 2 is 2.41 bits per heavy atom. The van der Waals surface area contributed by atoms with E-state index in [4.69, 9.17) is 21.1 Å². The van der Waals surface area contributed by atoms with Gasteiger partial charge in [-0.3, -0.25) is 0 Å². The molecule has 22 heavy (non-hydrogen) atoms. The van der Waals surface area contributed by atoms with Crippen molar-refractivity contribution in [3.63, 3.8) is 0 Å². The fourth-order valence-electron chi connectivity index (χ4n) is 2.33. The highest BCUT2D eigenvalue weighted by atomic mass is 35.5. The zero-order valence-electron chi connectivity index (χ0n) is 12.7. The van der Waals surface area contributed by atoms with Crippen molar-refractivity contribution in [1.82, 2.24) is 4.90 Å². The molecule has 2 atom stereocenters. The molecule has 1 saturated heterocycles. The molecule has 0 spiro atoms. The molecule has 1 aliphatic heterocycles. The first-order valence-corrected chi connectivity index (χ1v) is 7.96. The zero-order valence-corrected chi connectivity index (χ0v) is 13.5. The molecule has 2 rings (SSSR count). The van der Waals surface area contributed by atoms with Crippen molar-refractivity contribution in [2.45, 2.75) is 32.0 Å². The summed E-state index contributed by atoms with van der Waals surface area (Å²) in [6.45, 7) is 3.63. The van der Waals surface area contributed by atoms with Crippen LogP contribution in [0.1, 0.15) is 31.4 Å². The lowest BCUT2D eigenvalue weighted by Gasteiger charge is -2.34. The molecule has 1 N–H and O–H groups in total. The second-order valence-corrected chi connectivity index (χ2v) is 5.76. The van der Waals surface area contributed by atoms with Gasteiger partial charge >= 0.3 is 6.09 Å². The van der Waals surface area contributed by atoms with Crippen LogP contribution in [0.5, 0.6) is 0 Å². The van der Waals surface area contributed by atoms with Crippen molar-refractivity contribution >= 4 is 17.7 Å². The van der Waals surface area contributed by atoms with Crippen molar-refractivity contribution in [2.24, 2.45) is 0 Å². The summed E-state index contributed by atoms with van der Waals surface area (Å²) in [5, 5.41) is 11.0. The lowest BCUT2D eigenvalue weighted by Crippen LogP contribution is -2.48. The summed E-state index contributed by atoms with van der Waals surface area (Å²) in [7, 11) is 0. The quantitative estimate of drug-likeness (QED) is 0.845. The molecule has 0 bridgehead atoms. The Balaban J connectivity index is 1.93. The summed E-state index contributed by atoms with van der Waals surface area (Å²) in [6.07, 6.45) is 0.174. The number of aliphatic hydroxyl groups is 1. The van der Waals surface area contributed by atoms with E-state index in [1.807, 2.05) is 6.92 Å². The number of carbonyl (C=O) groups excluding carboxylic acids is 1. The van der Waals surface area contributed by atoms with Gasteiger partial charge in [0.25, 0.3) is 0 Å². The first-order valence-electron chi connectivity index (χ1n) is 7.58. The maximum absolute atomic E-state index is 12.0. The number of amides is 1. The van der Waals surface area contributed by atoms with Gasteiger partial charge in [-0.1, -0.05) is 37.1 Å². The second kappa shape index (κ2) is 8.36. The number of unbranched alkanes of at least 4 members (excludes halogenated alkanes) is 1. The Morgan fingerprint density at radius 1 is 1.59 bits per heavy atom. The first kappa shape index (κ1) is 17.1. The van der Waals surface area contributed by atoms with Crippen molar-refractivity contribution in [3.8, 4) is 0 Å². The van der Waals surface area contributed by atoms with Gasteiger partial charge in [-0.05, 0) is 24.1 Å². The number of benzene rings is 1. The van der Waals surface area contributed by atoms with Gasteiger partial charge in [0, 0.05) is 11.6 Å². The van der Waals surface area contributed by atoms with E-state index in [9.17, 15) is 9.90 Å². The van der Waals surface area contributed by atoms with E-state index in [0.717, 1.165) is 12.8 Å². The smallest absolute Gasteiger partial charge is 0.409 e. The van der Waals surface area contributed by atoms with Gasteiger partial charge in [0.2, 0.25) is 0 Å². The first-order chi connectivity index (χ1) is 10.6. The zero-order chi connectivity index (χ0) is 15.9. The summed E-state index contributed by atoms with van der Waals surface area (Å²) in [5.74, 6) is 0. The third kappa shape index (κ3) is 4.60. The maximum atomic E-state index is 12.0. The largest absolute Gasteiger partial charge is 0.449 e. The Labute approximate surface area is 135 Å². The molecule has 0 aromatic heterocycles. The monoisotopic (exact) mass is 327 g/mol. The minimum absolute atomic E-state index is 0.304. The molecule has 1 aromatic rings. The standard InChI is InChI=1S/C16H22ClNO4/c1-2-3-8-22-16(20)18-7-9-21-14(11-18)15(19)12-5-4-6-13(17)10-12/h4-6,10,14-15,19H,2-3,7-9,11H2,1H3. The van der Waals surface area contributed by atoms with Gasteiger partial charge in [-0.25, -0.2) is 4.79 Å². The minimum atomic E-state index is -0.829. The molecule has 122 valence electrons. The average Bonchev–Trinajstić information content (AvgIpc) is 2.54. The highest BCUT2D eigenvalue weighted by Gasteiger charge is 2.30. The highest BCUT2D eigenvalue weighted by Crippen LogP contribution is 2.24. The van der Waals surface area contributed by atoms with Crippen LogP contribution in [0.3, 0.4) is 0 Å². The molecule has 0 aliphatic carbocycles. The van der Waals surface area contributed by atoms with Crippen molar-refractivity contribution in [1.29, 1.82) is 0 Å². The van der Waals surface area contributed by atoms with Gasteiger partial charge in [-0.2, -0.15) is 0 Å². The Hall–Kier alpha value is -1.30. The number of aliphatic hydroxyl groups excluding tert-OH is 1. The molecule has 5 nitrogen and oxygen atoms in total. The third-order valence-corrected chi connectivity index (χ3v) is 3.85. The molecule has 0 saturated carbocycles. The molecular formula is C16H22ClNO4. The van der Waals surface area contributed by atoms with E-state index in [0.29, 0.717) is 36.9 Å². The number of nitrogens with zero attached hydrogens (tertiary/aromatic N) is 1. The van der Waals surface area contributed by atoms with Gasteiger partial charge in [0.05, 0.1) is 19.8 Å². The van der Waals surface area contributed by atoms with Crippen molar-refractivity contribution in [3.05, 3.63) is 34.9 Å². The number of hydrogen-bond donors (Lipinski definition) is 1. The molecule has 1 aliphatic rings. The molecule has 1 fully saturated rings. The summed E-state index contributed by atoms with van der Waals surface area (Å²) in [5.41, 5.74) is 0.679. The molecule has 1 amide bonds. The summed E-state index contributed by atoms with van der Waals surface area (Å²) in [6, 6.07) is 7.02. The van der Waals surface area contributed by atoms with Gasteiger partial charge in [0.15, 0.2) is 0 Å². The fourth-order valence-corrected chi connectivity index (χ4v) is 2.53. The lowest BCUT2D eigenvalue weighted by atomic mass is 10.0. The van der Waals surface area contributed by atoms with E-state index in [2.05, 4.69) is 0 Å². The van der Waals surface area contributed by atoms with Crippen LogP contribution in [0, 0.1) is 0 Å². The number of morpholine rings is 1. The summed E-state index contributed by atoms with van der Waals surface area (Å²) < 4.78 is 10.8. The second-order valence-electron chi connectivity index (χ2n) is 5.32. The van der Waals surface area contributed by atoms with E-state index in [1.54, 1.807) is 29.2 Å². The van der Waals surface area contributed by atoms with Gasteiger partial charge in [0.1, 0.15) is 12.2 Å². The van der Waals surface area contributed by atoms with Crippen LogP contribution in [0.4, 0.5) is 4.79 Å². The number of carbonyl (C=O) groups is 1. The fraction of sp³-hybridized carbons (Fsp3) is 0.562. The number of hydrogen-bond acceptors (Lipinski definition) is 4. The molecule has 0 radical (unpaired) electrons. The van der Waals surface area contributed by atoms with Crippen molar-refractivity contribution < 1.29 is 19.4 Å². The molecule has 2 unspecified atom stereocenters. The Bertz CT molecular complexity index is 497. The Morgan fingerprint density at radius 3 is 3.14 bits per heavy atom. The van der Waals surface area contributed by atoms with Crippen LogP contribution in [-0.4, -0.2) is 48.5 Å². The highest BCUT2D eigenvalue weighted by molar-refractivity contribution is 6.30. The summed E-state index contributed by atoms with van der Waals surface area (Å²) in [4.78, 5) is 13.6. The SMILES string of the molecule is CCCCOC(=O)N1CCOC(C(O)c2cccc(Cl)c2)C1. The molecule has 1 aromatic carbocycles.